The first kappa shape index (κ1) is 14.7. The van der Waals surface area contributed by atoms with E-state index >= 15 is 0 Å². The van der Waals surface area contributed by atoms with Crippen molar-refractivity contribution in [2.45, 2.75) is 45.6 Å². The highest BCUT2D eigenvalue weighted by atomic mass is 35.5. The van der Waals surface area contributed by atoms with Gasteiger partial charge in [0.15, 0.2) is 0 Å². The molecule has 106 valence electrons. The van der Waals surface area contributed by atoms with E-state index in [4.69, 9.17) is 16.3 Å². The number of hydrogen-bond donors (Lipinski definition) is 1. The van der Waals surface area contributed by atoms with Crippen molar-refractivity contribution in [2.24, 2.45) is 5.41 Å². The van der Waals surface area contributed by atoms with Crippen molar-refractivity contribution in [3.8, 4) is 5.75 Å². The van der Waals surface area contributed by atoms with E-state index in [-0.39, 0.29) is 0 Å². The van der Waals surface area contributed by atoms with E-state index in [2.05, 4.69) is 19.2 Å². The van der Waals surface area contributed by atoms with Crippen LogP contribution in [-0.4, -0.2) is 19.7 Å². The van der Waals surface area contributed by atoms with Crippen LogP contribution in [0.15, 0.2) is 18.2 Å². The van der Waals surface area contributed by atoms with Crippen LogP contribution < -0.4 is 10.1 Å². The van der Waals surface area contributed by atoms with Gasteiger partial charge in [0.05, 0.1) is 7.11 Å². The van der Waals surface area contributed by atoms with Crippen molar-refractivity contribution < 1.29 is 4.74 Å². The molecule has 0 aliphatic heterocycles. The predicted octanol–water partition coefficient (Wildman–Crippen LogP) is 4.06. The number of nitrogens with one attached hydrogen (secondary N) is 1. The van der Waals surface area contributed by atoms with Gasteiger partial charge in [0, 0.05) is 11.1 Å². The van der Waals surface area contributed by atoms with Crippen molar-refractivity contribution in [1.29, 1.82) is 0 Å². The lowest BCUT2D eigenvalue weighted by Crippen LogP contribution is -2.28. The molecule has 3 heteroatoms. The highest BCUT2D eigenvalue weighted by molar-refractivity contribution is 6.30. The van der Waals surface area contributed by atoms with Gasteiger partial charge in [-0.05, 0) is 61.4 Å². The van der Waals surface area contributed by atoms with Crippen LogP contribution in [0.5, 0.6) is 5.75 Å². The summed E-state index contributed by atoms with van der Waals surface area (Å²) in [6.07, 6.45) is 4.81. The van der Waals surface area contributed by atoms with Crippen LogP contribution in [-0.2, 0) is 6.42 Å². The van der Waals surface area contributed by atoms with Crippen LogP contribution in [0.25, 0.3) is 0 Å². The fraction of sp³-hybridized carbons (Fsp3) is 0.625. The molecule has 1 fully saturated rings. The molecule has 0 amide bonds. The molecule has 0 heterocycles. The van der Waals surface area contributed by atoms with Gasteiger partial charge in [-0.25, -0.2) is 0 Å². The Morgan fingerprint density at radius 3 is 2.95 bits per heavy atom. The first-order valence-electron chi connectivity index (χ1n) is 7.12. The molecular formula is C16H24ClNO. The van der Waals surface area contributed by atoms with Crippen LogP contribution in [0.4, 0.5) is 0 Å². The van der Waals surface area contributed by atoms with Crippen molar-refractivity contribution in [1.82, 2.24) is 5.32 Å². The van der Waals surface area contributed by atoms with Crippen LogP contribution in [0.1, 0.15) is 38.7 Å². The molecule has 19 heavy (non-hydrogen) atoms. The molecule has 1 aromatic carbocycles. The first-order valence-corrected chi connectivity index (χ1v) is 7.50. The summed E-state index contributed by atoms with van der Waals surface area (Å²) in [5, 5.41) is 4.36. The summed E-state index contributed by atoms with van der Waals surface area (Å²) in [6, 6.07) is 6.58. The number of rotatable bonds is 5. The molecular weight excluding hydrogens is 258 g/mol. The molecule has 0 radical (unpaired) electrons. The van der Waals surface area contributed by atoms with Gasteiger partial charge in [-0.1, -0.05) is 25.4 Å². The Morgan fingerprint density at radius 1 is 1.47 bits per heavy atom. The van der Waals surface area contributed by atoms with Crippen LogP contribution in [0, 0.1) is 5.41 Å². The van der Waals surface area contributed by atoms with E-state index in [1.54, 1.807) is 7.11 Å². The van der Waals surface area contributed by atoms with E-state index in [0.29, 0.717) is 11.5 Å². The lowest BCUT2D eigenvalue weighted by molar-refractivity contribution is 0.315. The first-order chi connectivity index (χ1) is 9.06. The minimum absolute atomic E-state index is 0.352. The minimum atomic E-state index is 0.352. The van der Waals surface area contributed by atoms with Gasteiger partial charge in [-0.15, -0.1) is 0 Å². The number of benzene rings is 1. The lowest BCUT2D eigenvalue weighted by atomic mass is 9.81. The Labute approximate surface area is 121 Å². The molecule has 1 aliphatic carbocycles. The van der Waals surface area contributed by atoms with Gasteiger partial charge in [0.1, 0.15) is 5.75 Å². The zero-order valence-electron chi connectivity index (χ0n) is 12.1. The number of hydrogen-bond acceptors (Lipinski definition) is 2. The number of methoxy groups -OCH3 is 1. The summed E-state index contributed by atoms with van der Waals surface area (Å²) in [6.45, 7) is 5.61. The number of halogens is 1. The maximum atomic E-state index is 6.12. The van der Waals surface area contributed by atoms with E-state index in [1.165, 1.54) is 24.8 Å². The van der Waals surface area contributed by atoms with E-state index in [1.807, 2.05) is 18.2 Å². The average Bonchev–Trinajstić information content (AvgIpc) is 2.71. The molecule has 0 saturated heterocycles. The highest BCUT2D eigenvalue weighted by Crippen LogP contribution is 2.42. The molecule has 2 atom stereocenters. The number of ether oxygens (including phenoxy) is 1. The fourth-order valence-corrected chi connectivity index (χ4v) is 3.48. The molecule has 2 unspecified atom stereocenters. The third-order valence-corrected chi connectivity index (χ3v) is 4.42. The zero-order valence-corrected chi connectivity index (χ0v) is 12.9. The molecule has 1 aromatic rings. The summed E-state index contributed by atoms with van der Waals surface area (Å²) < 4.78 is 5.46. The Bertz CT molecular complexity index is 435. The summed E-state index contributed by atoms with van der Waals surface area (Å²) in [4.78, 5) is 0. The Hall–Kier alpha value is -0.730. The van der Waals surface area contributed by atoms with Crippen molar-refractivity contribution in [2.75, 3.05) is 13.7 Å². The Morgan fingerprint density at radius 2 is 2.26 bits per heavy atom. The van der Waals surface area contributed by atoms with Gasteiger partial charge in [0.25, 0.3) is 0 Å². The maximum Gasteiger partial charge on any atom is 0.122 e. The third kappa shape index (κ3) is 3.64. The second kappa shape index (κ2) is 6.15. The fourth-order valence-electron chi connectivity index (χ4n) is 3.29. The van der Waals surface area contributed by atoms with E-state index in [9.17, 15) is 0 Å². The van der Waals surface area contributed by atoms with Gasteiger partial charge in [-0.3, -0.25) is 0 Å². The normalized spacial score (nSPS) is 26.6. The standard InChI is InChI=1S/C16H24ClNO/c1-4-18-14-7-8-16(2,11-14)10-12-9-13(17)5-6-15(12)19-3/h5-6,9,14,18H,4,7-8,10-11H2,1-3H3. The largest absolute Gasteiger partial charge is 0.496 e. The Balaban J connectivity index is 2.10. The zero-order chi connectivity index (χ0) is 13.9. The average molecular weight is 282 g/mol. The second-order valence-corrected chi connectivity index (χ2v) is 6.38. The summed E-state index contributed by atoms with van der Waals surface area (Å²) >= 11 is 6.12. The van der Waals surface area contributed by atoms with E-state index in [0.717, 1.165) is 23.7 Å². The Kier molecular flexibility index (Phi) is 4.75. The summed E-state index contributed by atoms with van der Waals surface area (Å²) in [7, 11) is 1.73. The predicted molar refractivity (Wildman–Crippen MR) is 81.1 cm³/mol. The van der Waals surface area contributed by atoms with Crippen molar-refractivity contribution >= 4 is 11.6 Å². The van der Waals surface area contributed by atoms with E-state index < -0.39 is 0 Å². The van der Waals surface area contributed by atoms with Gasteiger partial charge in [0.2, 0.25) is 0 Å². The van der Waals surface area contributed by atoms with Crippen molar-refractivity contribution in [3.63, 3.8) is 0 Å². The smallest absolute Gasteiger partial charge is 0.122 e. The molecule has 2 rings (SSSR count). The monoisotopic (exact) mass is 281 g/mol. The molecule has 1 saturated carbocycles. The maximum absolute atomic E-state index is 6.12. The quantitative estimate of drug-likeness (QED) is 0.879. The van der Waals surface area contributed by atoms with Crippen molar-refractivity contribution in [3.05, 3.63) is 28.8 Å². The molecule has 1 N–H and O–H groups in total. The summed E-state index contributed by atoms with van der Waals surface area (Å²) in [5.74, 6) is 0.956. The lowest BCUT2D eigenvalue weighted by Gasteiger charge is -2.25. The molecule has 0 bridgehead atoms. The SMILES string of the molecule is CCNC1CCC(C)(Cc2cc(Cl)ccc2OC)C1. The van der Waals surface area contributed by atoms with Crippen LogP contribution >= 0.6 is 11.6 Å². The third-order valence-electron chi connectivity index (χ3n) is 4.19. The van der Waals surface area contributed by atoms with Gasteiger partial charge < -0.3 is 10.1 Å². The topological polar surface area (TPSA) is 21.3 Å². The van der Waals surface area contributed by atoms with Gasteiger partial charge in [-0.2, -0.15) is 0 Å². The molecule has 2 nitrogen and oxygen atoms in total. The highest BCUT2D eigenvalue weighted by Gasteiger charge is 2.35. The summed E-state index contributed by atoms with van der Waals surface area (Å²) in [5.41, 5.74) is 1.58. The second-order valence-electron chi connectivity index (χ2n) is 5.94. The minimum Gasteiger partial charge on any atom is -0.496 e. The molecule has 0 spiro atoms. The van der Waals surface area contributed by atoms with Gasteiger partial charge >= 0.3 is 0 Å². The molecule has 0 aromatic heterocycles. The molecule has 1 aliphatic rings. The van der Waals surface area contributed by atoms with Crippen LogP contribution in [0.2, 0.25) is 5.02 Å². The van der Waals surface area contributed by atoms with Crippen LogP contribution in [0.3, 0.4) is 0 Å².